The van der Waals surface area contributed by atoms with Gasteiger partial charge in [0, 0.05) is 5.92 Å². The molecule has 0 radical (unpaired) electrons. The van der Waals surface area contributed by atoms with Gasteiger partial charge in [-0.25, -0.2) is 0 Å². The molecule has 1 unspecified atom stereocenters. The minimum Gasteiger partial charge on any atom is -0.303 e. The van der Waals surface area contributed by atoms with Crippen molar-refractivity contribution < 1.29 is 4.79 Å². The highest BCUT2D eigenvalue weighted by Crippen LogP contribution is 2.16. The summed E-state index contributed by atoms with van der Waals surface area (Å²) >= 11 is 0. The smallest absolute Gasteiger partial charge is 0.127 e. The Kier molecular flexibility index (Phi) is 3.71. The Hall–Kier alpha value is -1.89. The van der Waals surface area contributed by atoms with Crippen molar-refractivity contribution in [2.24, 2.45) is 0 Å². The highest BCUT2D eigenvalue weighted by molar-refractivity contribution is 5.61. The van der Waals surface area contributed by atoms with Crippen molar-refractivity contribution in [1.82, 2.24) is 0 Å². The van der Waals surface area contributed by atoms with E-state index in [9.17, 15) is 4.79 Å². The van der Waals surface area contributed by atoms with Crippen molar-refractivity contribution in [3.8, 4) is 0 Å². The molecule has 0 bridgehead atoms. The number of hydrogen-bond acceptors (Lipinski definition) is 1. The first-order chi connectivity index (χ1) is 8.29. The Morgan fingerprint density at radius 1 is 1.00 bits per heavy atom. The van der Waals surface area contributed by atoms with Gasteiger partial charge in [0.05, 0.1) is 0 Å². The van der Waals surface area contributed by atoms with Gasteiger partial charge < -0.3 is 4.79 Å². The lowest BCUT2D eigenvalue weighted by Gasteiger charge is -2.07. The standard InChI is InChI=1S/C16H16O/c1-13(12-17)16-9-5-8-15(11-16)10-14-6-3-2-4-7-14/h2-9,11-13H,10H2,1H3. The molecule has 0 spiro atoms. The van der Waals surface area contributed by atoms with Crippen LogP contribution >= 0.6 is 0 Å². The van der Waals surface area contributed by atoms with E-state index in [1.165, 1.54) is 11.1 Å². The Morgan fingerprint density at radius 3 is 2.41 bits per heavy atom. The van der Waals surface area contributed by atoms with E-state index < -0.39 is 0 Å². The van der Waals surface area contributed by atoms with Crippen LogP contribution in [0.5, 0.6) is 0 Å². The summed E-state index contributed by atoms with van der Waals surface area (Å²) in [5, 5.41) is 0. The maximum atomic E-state index is 10.8. The number of benzene rings is 2. The van der Waals surface area contributed by atoms with Crippen LogP contribution in [-0.4, -0.2) is 6.29 Å². The average molecular weight is 224 g/mol. The quantitative estimate of drug-likeness (QED) is 0.725. The third-order valence-corrected chi connectivity index (χ3v) is 2.93. The summed E-state index contributed by atoms with van der Waals surface area (Å²) in [4.78, 5) is 10.8. The van der Waals surface area contributed by atoms with E-state index in [0.29, 0.717) is 0 Å². The number of rotatable bonds is 4. The maximum Gasteiger partial charge on any atom is 0.127 e. The molecule has 0 aliphatic heterocycles. The van der Waals surface area contributed by atoms with Crippen LogP contribution in [0.3, 0.4) is 0 Å². The number of hydrogen-bond donors (Lipinski definition) is 0. The first-order valence-corrected chi connectivity index (χ1v) is 5.87. The predicted octanol–water partition coefficient (Wildman–Crippen LogP) is 3.58. The monoisotopic (exact) mass is 224 g/mol. The maximum absolute atomic E-state index is 10.8. The van der Waals surface area contributed by atoms with Crippen molar-refractivity contribution in [2.75, 3.05) is 0 Å². The summed E-state index contributed by atoms with van der Waals surface area (Å²) < 4.78 is 0. The van der Waals surface area contributed by atoms with Gasteiger partial charge in [-0.15, -0.1) is 0 Å². The van der Waals surface area contributed by atoms with E-state index in [0.717, 1.165) is 18.3 Å². The SMILES string of the molecule is CC(C=O)c1cccc(Cc2ccccc2)c1. The van der Waals surface area contributed by atoms with E-state index in [4.69, 9.17) is 0 Å². The van der Waals surface area contributed by atoms with Gasteiger partial charge in [0.15, 0.2) is 0 Å². The van der Waals surface area contributed by atoms with E-state index in [2.05, 4.69) is 24.3 Å². The fraction of sp³-hybridized carbons (Fsp3) is 0.188. The molecule has 0 saturated heterocycles. The molecule has 0 fully saturated rings. The molecule has 17 heavy (non-hydrogen) atoms. The van der Waals surface area contributed by atoms with E-state index >= 15 is 0 Å². The molecule has 1 atom stereocenters. The number of carbonyl (C=O) groups is 1. The molecule has 0 heterocycles. The van der Waals surface area contributed by atoms with Crippen LogP contribution < -0.4 is 0 Å². The Morgan fingerprint density at radius 2 is 1.71 bits per heavy atom. The van der Waals surface area contributed by atoms with Gasteiger partial charge in [0.2, 0.25) is 0 Å². The Balaban J connectivity index is 2.19. The first kappa shape index (κ1) is 11.6. The molecule has 0 amide bonds. The van der Waals surface area contributed by atoms with E-state index in [1.54, 1.807) is 0 Å². The van der Waals surface area contributed by atoms with Gasteiger partial charge in [-0.3, -0.25) is 0 Å². The van der Waals surface area contributed by atoms with Gasteiger partial charge in [-0.05, 0) is 23.1 Å². The molecular formula is C16H16O. The Labute approximate surface area is 102 Å². The molecule has 0 aliphatic rings. The summed E-state index contributed by atoms with van der Waals surface area (Å²) in [5.41, 5.74) is 3.64. The zero-order valence-electron chi connectivity index (χ0n) is 9.97. The van der Waals surface area contributed by atoms with Gasteiger partial charge in [0.25, 0.3) is 0 Å². The molecule has 1 nitrogen and oxygen atoms in total. The van der Waals surface area contributed by atoms with Crippen LogP contribution in [0, 0.1) is 0 Å². The second kappa shape index (κ2) is 5.44. The fourth-order valence-electron chi connectivity index (χ4n) is 1.90. The molecular weight excluding hydrogens is 208 g/mol. The summed E-state index contributed by atoms with van der Waals surface area (Å²) in [5.74, 6) is -0.0225. The molecule has 2 rings (SSSR count). The predicted molar refractivity (Wildman–Crippen MR) is 70.2 cm³/mol. The summed E-state index contributed by atoms with van der Waals surface area (Å²) in [6.45, 7) is 1.93. The molecule has 2 aromatic carbocycles. The highest BCUT2D eigenvalue weighted by Gasteiger charge is 2.04. The van der Waals surface area contributed by atoms with Gasteiger partial charge in [0.1, 0.15) is 6.29 Å². The normalized spacial score (nSPS) is 12.1. The zero-order valence-corrected chi connectivity index (χ0v) is 9.97. The lowest BCUT2D eigenvalue weighted by molar-refractivity contribution is -0.108. The van der Waals surface area contributed by atoms with Crippen LogP contribution in [0.4, 0.5) is 0 Å². The minimum atomic E-state index is -0.0225. The summed E-state index contributed by atoms with van der Waals surface area (Å²) in [6, 6.07) is 18.6. The summed E-state index contributed by atoms with van der Waals surface area (Å²) in [7, 11) is 0. The summed E-state index contributed by atoms with van der Waals surface area (Å²) in [6.07, 6.45) is 1.90. The molecule has 86 valence electrons. The highest BCUT2D eigenvalue weighted by atomic mass is 16.1. The topological polar surface area (TPSA) is 17.1 Å². The van der Waals surface area contributed by atoms with Gasteiger partial charge in [-0.1, -0.05) is 61.5 Å². The largest absolute Gasteiger partial charge is 0.303 e. The van der Waals surface area contributed by atoms with Crippen LogP contribution in [-0.2, 0) is 11.2 Å². The van der Waals surface area contributed by atoms with Crippen LogP contribution in [0.2, 0.25) is 0 Å². The molecule has 1 heteroatoms. The van der Waals surface area contributed by atoms with Crippen molar-refractivity contribution >= 4 is 6.29 Å². The van der Waals surface area contributed by atoms with Gasteiger partial charge in [-0.2, -0.15) is 0 Å². The molecule has 0 N–H and O–H groups in total. The lowest BCUT2D eigenvalue weighted by atomic mass is 9.97. The van der Waals surface area contributed by atoms with Crippen molar-refractivity contribution in [3.63, 3.8) is 0 Å². The first-order valence-electron chi connectivity index (χ1n) is 5.87. The minimum absolute atomic E-state index is 0.0225. The number of carbonyl (C=O) groups excluding carboxylic acids is 1. The van der Waals surface area contributed by atoms with E-state index in [1.807, 2.05) is 37.3 Å². The van der Waals surface area contributed by atoms with E-state index in [-0.39, 0.29) is 5.92 Å². The molecule has 0 aromatic heterocycles. The van der Waals surface area contributed by atoms with Crippen LogP contribution in [0.1, 0.15) is 29.5 Å². The zero-order chi connectivity index (χ0) is 12.1. The molecule has 2 aromatic rings. The van der Waals surface area contributed by atoms with Crippen LogP contribution in [0.15, 0.2) is 54.6 Å². The van der Waals surface area contributed by atoms with Crippen LogP contribution in [0.25, 0.3) is 0 Å². The fourth-order valence-corrected chi connectivity index (χ4v) is 1.90. The van der Waals surface area contributed by atoms with Crippen molar-refractivity contribution in [2.45, 2.75) is 19.3 Å². The molecule has 0 saturated carbocycles. The van der Waals surface area contributed by atoms with Gasteiger partial charge >= 0.3 is 0 Å². The third kappa shape index (κ3) is 3.04. The third-order valence-electron chi connectivity index (χ3n) is 2.93. The Bertz CT molecular complexity index is 488. The number of aldehydes is 1. The van der Waals surface area contributed by atoms with Crippen molar-refractivity contribution in [1.29, 1.82) is 0 Å². The van der Waals surface area contributed by atoms with Crippen molar-refractivity contribution in [3.05, 3.63) is 71.3 Å². The second-order valence-corrected chi connectivity index (χ2v) is 4.33. The molecule has 0 aliphatic carbocycles. The average Bonchev–Trinajstić information content (AvgIpc) is 2.39. The second-order valence-electron chi connectivity index (χ2n) is 4.33. The lowest BCUT2D eigenvalue weighted by Crippen LogP contribution is -1.96.